The molecule has 2 aromatic rings. The number of amides is 1. The van der Waals surface area contributed by atoms with Crippen molar-refractivity contribution >= 4 is 17.3 Å². The van der Waals surface area contributed by atoms with Crippen LogP contribution in [-0.2, 0) is 6.54 Å². The molecule has 0 aliphatic heterocycles. The molecule has 23 heavy (non-hydrogen) atoms. The summed E-state index contributed by atoms with van der Waals surface area (Å²) in [4.78, 5) is 26.7. The van der Waals surface area contributed by atoms with Crippen molar-refractivity contribution in [3.63, 3.8) is 0 Å². The highest BCUT2D eigenvalue weighted by molar-refractivity contribution is 5.95. The minimum absolute atomic E-state index is 0.0371. The molecular weight excluding hydrogens is 296 g/mol. The highest BCUT2D eigenvalue weighted by Crippen LogP contribution is 2.26. The normalized spacial score (nSPS) is 10.4. The standard InChI is InChI=1S/C16H18N4O3/c1-11(2)19-16(21)13-5-6-14(15(8-13)20(22)23)18-10-12-4-3-7-17-9-12/h3-9,11,18H,10H2,1-2H3,(H,19,21). The van der Waals surface area contributed by atoms with E-state index in [2.05, 4.69) is 15.6 Å². The summed E-state index contributed by atoms with van der Waals surface area (Å²) in [5, 5.41) is 17.0. The van der Waals surface area contributed by atoms with Crippen molar-refractivity contribution in [3.05, 3.63) is 64.0 Å². The largest absolute Gasteiger partial charge is 0.375 e. The number of nitrogens with zero attached hydrogens (tertiary/aromatic N) is 2. The lowest BCUT2D eigenvalue weighted by Crippen LogP contribution is -2.30. The van der Waals surface area contributed by atoms with E-state index in [1.54, 1.807) is 30.6 Å². The summed E-state index contributed by atoms with van der Waals surface area (Å²) in [6, 6.07) is 8.02. The molecule has 7 heteroatoms. The van der Waals surface area contributed by atoms with Crippen molar-refractivity contribution in [3.8, 4) is 0 Å². The first-order valence-corrected chi connectivity index (χ1v) is 7.19. The predicted octanol–water partition coefficient (Wildman–Crippen LogP) is 2.74. The summed E-state index contributed by atoms with van der Waals surface area (Å²) in [5.74, 6) is -0.332. The smallest absolute Gasteiger partial charge is 0.293 e. The zero-order valence-corrected chi connectivity index (χ0v) is 12.9. The Morgan fingerprint density at radius 3 is 2.74 bits per heavy atom. The monoisotopic (exact) mass is 314 g/mol. The molecule has 2 rings (SSSR count). The molecule has 0 bridgehead atoms. The molecule has 0 fully saturated rings. The van der Waals surface area contributed by atoms with Gasteiger partial charge in [0.1, 0.15) is 5.69 Å². The van der Waals surface area contributed by atoms with Crippen LogP contribution >= 0.6 is 0 Å². The minimum Gasteiger partial charge on any atom is -0.375 e. The SMILES string of the molecule is CC(C)NC(=O)c1ccc(NCc2cccnc2)c([N+](=O)[O-])c1. The van der Waals surface area contributed by atoms with Gasteiger partial charge < -0.3 is 10.6 Å². The first kappa shape index (κ1) is 16.4. The Morgan fingerprint density at radius 1 is 1.35 bits per heavy atom. The molecule has 120 valence electrons. The van der Waals surface area contributed by atoms with Crippen LogP contribution in [0, 0.1) is 10.1 Å². The molecule has 0 spiro atoms. The lowest BCUT2D eigenvalue weighted by molar-refractivity contribution is -0.384. The lowest BCUT2D eigenvalue weighted by Gasteiger charge is -2.10. The van der Waals surface area contributed by atoms with Crippen LogP contribution in [0.2, 0.25) is 0 Å². The number of hydrogen-bond donors (Lipinski definition) is 2. The van der Waals surface area contributed by atoms with Crippen LogP contribution in [0.5, 0.6) is 0 Å². The van der Waals surface area contributed by atoms with Crippen LogP contribution < -0.4 is 10.6 Å². The lowest BCUT2D eigenvalue weighted by atomic mass is 10.1. The van der Waals surface area contributed by atoms with E-state index in [0.717, 1.165) is 5.56 Å². The number of rotatable bonds is 6. The van der Waals surface area contributed by atoms with E-state index >= 15 is 0 Å². The van der Waals surface area contributed by atoms with Crippen molar-refractivity contribution in [1.82, 2.24) is 10.3 Å². The molecular formula is C16H18N4O3. The molecule has 0 atom stereocenters. The molecule has 1 heterocycles. The molecule has 2 N–H and O–H groups in total. The maximum atomic E-state index is 12.0. The number of pyridine rings is 1. The van der Waals surface area contributed by atoms with E-state index in [1.807, 2.05) is 19.9 Å². The second-order valence-electron chi connectivity index (χ2n) is 5.33. The van der Waals surface area contributed by atoms with Crippen LogP contribution in [0.3, 0.4) is 0 Å². The number of hydrogen-bond acceptors (Lipinski definition) is 5. The fourth-order valence-corrected chi connectivity index (χ4v) is 2.02. The molecule has 0 saturated carbocycles. The Bertz CT molecular complexity index is 702. The molecule has 1 aromatic heterocycles. The summed E-state index contributed by atoms with van der Waals surface area (Å²) in [6.45, 7) is 4.07. The van der Waals surface area contributed by atoms with Crippen molar-refractivity contribution in [2.24, 2.45) is 0 Å². The van der Waals surface area contributed by atoms with Crippen molar-refractivity contribution in [2.75, 3.05) is 5.32 Å². The average Bonchev–Trinajstić information content (AvgIpc) is 2.53. The Balaban J connectivity index is 2.19. The van der Waals surface area contributed by atoms with Gasteiger partial charge in [-0.25, -0.2) is 0 Å². The third-order valence-electron chi connectivity index (χ3n) is 3.08. The maximum absolute atomic E-state index is 12.0. The van der Waals surface area contributed by atoms with Gasteiger partial charge in [0.15, 0.2) is 0 Å². The molecule has 1 amide bonds. The number of anilines is 1. The van der Waals surface area contributed by atoms with Gasteiger partial charge in [0.2, 0.25) is 0 Å². The van der Waals surface area contributed by atoms with Crippen LogP contribution in [0.25, 0.3) is 0 Å². The quantitative estimate of drug-likeness (QED) is 0.631. The van der Waals surface area contributed by atoms with Gasteiger partial charge in [0, 0.05) is 36.6 Å². The van der Waals surface area contributed by atoms with Gasteiger partial charge in [0.25, 0.3) is 11.6 Å². The van der Waals surface area contributed by atoms with Gasteiger partial charge in [-0.3, -0.25) is 19.9 Å². The number of nitro groups is 1. The van der Waals surface area contributed by atoms with Crippen LogP contribution in [0.15, 0.2) is 42.7 Å². The number of aromatic nitrogens is 1. The van der Waals surface area contributed by atoms with E-state index in [0.29, 0.717) is 12.2 Å². The summed E-state index contributed by atoms with van der Waals surface area (Å²) in [7, 11) is 0. The van der Waals surface area contributed by atoms with E-state index in [9.17, 15) is 14.9 Å². The average molecular weight is 314 g/mol. The maximum Gasteiger partial charge on any atom is 0.293 e. The molecule has 0 saturated heterocycles. The fourth-order valence-electron chi connectivity index (χ4n) is 2.02. The van der Waals surface area contributed by atoms with Gasteiger partial charge in [-0.1, -0.05) is 6.07 Å². The second kappa shape index (κ2) is 7.35. The van der Waals surface area contributed by atoms with E-state index in [1.165, 1.54) is 6.07 Å². The molecule has 0 aliphatic carbocycles. The van der Waals surface area contributed by atoms with Gasteiger partial charge in [0.05, 0.1) is 4.92 Å². The summed E-state index contributed by atoms with van der Waals surface area (Å²) in [6.07, 6.45) is 3.34. The first-order valence-electron chi connectivity index (χ1n) is 7.19. The Morgan fingerprint density at radius 2 is 2.13 bits per heavy atom. The van der Waals surface area contributed by atoms with Crippen LogP contribution in [0.4, 0.5) is 11.4 Å². The summed E-state index contributed by atoms with van der Waals surface area (Å²) in [5.41, 5.74) is 1.39. The fraction of sp³-hybridized carbons (Fsp3) is 0.250. The first-order chi connectivity index (χ1) is 11.0. The van der Waals surface area contributed by atoms with Gasteiger partial charge in [-0.05, 0) is 37.6 Å². The Kier molecular flexibility index (Phi) is 5.24. The van der Waals surface area contributed by atoms with E-state index in [-0.39, 0.29) is 23.2 Å². The number of nitro benzene ring substituents is 1. The van der Waals surface area contributed by atoms with Crippen molar-refractivity contribution in [1.29, 1.82) is 0 Å². The van der Waals surface area contributed by atoms with Gasteiger partial charge >= 0.3 is 0 Å². The number of carbonyl (C=O) groups excluding carboxylic acids is 1. The van der Waals surface area contributed by atoms with Crippen LogP contribution in [0.1, 0.15) is 29.8 Å². The summed E-state index contributed by atoms with van der Waals surface area (Å²) >= 11 is 0. The topological polar surface area (TPSA) is 97.2 Å². The molecule has 1 aromatic carbocycles. The number of nitrogens with one attached hydrogen (secondary N) is 2. The van der Waals surface area contributed by atoms with E-state index in [4.69, 9.17) is 0 Å². The van der Waals surface area contributed by atoms with Gasteiger partial charge in [-0.15, -0.1) is 0 Å². The second-order valence-corrected chi connectivity index (χ2v) is 5.33. The predicted molar refractivity (Wildman–Crippen MR) is 87.3 cm³/mol. The number of carbonyl (C=O) groups is 1. The highest BCUT2D eigenvalue weighted by Gasteiger charge is 2.17. The minimum atomic E-state index is -0.502. The third kappa shape index (κ3) is 4.50. The molecule has 0 aliphatic rings. The number of benzene rings is 1. The molecule has 0 unspecified atom stereocenters. The third-order valence-corrected chi connectivity index (χ3v) is 3.08. The van der Waals surface area contributed by atoms with E-state index < -0.39 is 4.92 Å². The zero-order chi connectivity index (χ0) is 16.8. The Labute approximate surface area is 133 Å². The van der Waals surface area contributed by atoms with Crippen molar-refractivity contribution < 1.29 is 9.72 Å². The van der Waals surface area contributed by atoms with Crippen LogP contribution in [-0.4, -0.2) is 21.9 Å². The molecule has 7 nitrogen and oxygen atoms in total. The van der Waals surface area contributed by atoms with Crippen molar-refractivity contribution in [2.45, 2.75) is 26.4 Å². The Hall–Kier alpha value is -2.96. The highest BCUT2D eigenvalue weighted by atomic mass is 16.6. The zero-order valence-electron chi connectivity index (χ0n) is 12.9. The summed E-state index contributed by atoms with van der Waals surface area (Å²) < 4.78 is 0. The molecule has 0 radical (unpaired) electrons. The van der Waals surface area contributed by atoms with Gasteiger partial charge in [-0.2, -0.15) is 0 Å².